The molecule has 102 valence electrons. The molecule has 1 aliphatic heterocycles. The third-order valence-corrected chi connectivity index (χ3v) is 4.32. The van der Waals surface area contributed by atoms with Gasteiger partial charge in [0, 0.05) is 18.6 Å². The van der Waals surface area contributed by atoms with E-state index in [9.17, 15) is 18.0 Å². The monoisotopic (exact) mass is 276 g/mol. The molecule has 1 aliphatic rings. The Morgan fingerprint density at radius 3 is 2.61 bits per heavy atom. The molecule has 0 saturated carbocycles. The zero-order chi connectivity index (χ0) is 13.8. The highest BCUT2D eigenvalue weighted by atomic mass is 32.2. The number of carbonyl (C=O) groups is 2. The third kappa shape index (κ3) is 4.10. The van der Waals surface area contributed by atoms with Gasteiger partial charge in [-0.05, 0) is 6.42 Å². The fraction of sp³-hybridized carbons (Fsp3) is 0.700. The molecule has 0 aliphatic carbocycles. The Balaban J connectivity index is 2.68. The number of sulfone groups is 1. The number of carbonyl (C=O) groups excluding carboxylic acids is 1. The average molecular weight is 276 g/mol. The van der Waals surface area contributed by atoms with Crippen molar-refractivity contribution in [3.8, 4) is 0 Å². The molecule has 0 aromatic carbocycles. The third-order valence-electron chi connectivity index (χ3n) is 2.48. The van der Waals surface area contributed by atoms with Crippen LogP contribution in [0.2, 0.25) is 0 Å². The van der Waals surface area contributed by atoms with E-state index in [-0.39, 0.29) is 42.5 Å². The van der Waals surface area contributed by atoms with Crippen LogP contribution in [0.25, 0.3) is 0 Å². The summed E-state index contributed by atoms with van der Waals surface area (Å²) >= 11 is 0. The van der Waals surface area contributed by atoms with Crippen molar-refractivity contribution in [3.05, 3.63) is 0 Å². The molecule has 1 amide bonds. The normalized spacial score (nSPS) is 16.6. The maximum absolute atomic E-state index is 11.5. The fourth-order valence-corrected chi connectivity index (χ4v) is 2.85. The van der Waals surface area contributed by atoms with Gasteiger partial charge in [-0.15, -0.1) is 0 Å². The first-order valence-corrected chi connectivity index (χ1v) is 7.49. The lowest BCUT2D eigenvalue weighted by Gasteiger charge is -2.21. The number of nitrogens with zero attached hydrogens (tertiary/aromatic N) is 2. The van der Waals surface area contributed by atoms with Crippen molar-refractivity contribution < 1.29 is 23.1 Å². The van der Waals surface area contributed by atoms with Crippen molar-refractivity contribution in [2.24, 2.45) is 5.10 Å². The molecule has 0 unspecified atom stereocenters. The predicted molar refractivity (Wildman–Crippen MR) is 65.0 cm³/mol. The van der Waals surface area contributed by atoms with Crippen LogP contribution in [0.3, 0.4) is 0 Å². The van der Waals surface area contributed by atoms with Crippen LogP contribution >= 0.6 is 0 Å². The summed E-state index contributed by atoms with van der Waals surface area (Å²) in [7, 11) is -3.20. The number of aliphatic carboxylic acids is 1. The second-order valence-corrected chi connectivity index (χ2v) is 6.32. The van der Waals surface area contributed by atoms with Crippen LogP contribution in [0.5, 0.6) is 0 Å². The first-order valence-electron chi connectivity index (χ1n) is 5.67. The molecule has 1 N–H and O–H groups in total. The minimum atomic E-state index is -3.20. The number of hydrogen-bond acceptors (Lipinski definition) is 5. The molecule has 0 atom stereocenters. The van der Waals surface area contributed by atoms with E-state index in [1.165, 1.54) is 0 Å². The summed E-state index contributed by atoms with van der Waals surface area (Å²) in [5.74, 6) is -1.65. The molecular weight excluding hydrogens is 260 g/mol. The Kier molecular flexibility index (Phi) is 4.83. The van der Waals surface area contributed by atoms with Gasteiger partial charge in [0.05, 0.1) is 12.3 Å². The summed E-state index contributed by atoms with van der Waals surface area (Å²) in [5.41, 5.74) is -0.109. The molecule has 0 saturated heterocycles. The van der Waals surface area contributed by atoms with Gasteiger partial charge in [0.15, 0.2) is 9.84 Å². The molecule has 0 fully saturated rings. The van der Waals surface area contributed by atoms with E-state index in [1.54, 1.807) is 6.92 Å². The number of carboxylic acid groups (broad SMARTS) is 1. The Bertz CT molecular complexity index is 469. The van der Waals surface area contributed by atoms with Crippen LogP contribution in [0.4, 0.5) is 0 Å². The lowest BCUT2D eigenvalue weighted by molar-refractivity contribution is -0.132. The molecule has 1 rings (SSSR count). The SMILES string of the molecule is CCCS(=O)(=O)CCN1N=C(C(=O)O)CCC1=O. The number of rotatable bonds is 6. The van der Waals surface area contributed by atoms with Gasteiger partial charge >= 0.3 is 5.97 Å². The quantitative estimate of drug-likeness (QED) is 0.728. The number of hydrogen-bond donors (Lipinski definition) is 1. The van der Waals surface area contributed by atoms with Crippen molar-refractivity contribution in [2.45, 2.75) is 26.2 Å². The van der Waals surface area contributed by atoms with Crippen LogP contribution in [0.15, 0.2) is 5.10 Å². The van der Waals surface area contributed by atoms with Crippen molar-refractivity contribution >= 4 is 27.4 Å². The first-order chi connectivity index (χ1) is 8.35. The van der Waals surface area contributed by atoms with Gasteiger partial charge < -0.3 is 5.11 Å². The largest absolute Gasteiger partial charge is 0.477 e. The molecule has 1 heterocycles. The summed E-state index contributed by atoms with van der Waals surface area (Å²) in [4.78, 5) is 22.2. The minimum Gasteiger partial charge on any atom is -0.477 e. The standard InChI is InChI=1S/C10H16N2O5S/c1-2-6-18(16,17)7-5-12-9(13)4-3-8(11-12)10(14)15/h2-7H2,1H3,(H,14,15). The summed E-state index contributed by atoms with van der Waals surface area (Å²) in [6.45, 7) is 1.67. The van der Waals surface area contributed by atoms with Crippen LogP contribution in [-0.4, -0.2) is 54.2 Å². The Hall–Kier alpha value is -1.44. The van der Waals surface area contributed by atoms with E-state index in [0.717, 1.165) is 5.01 Å². The molecule has 0 bridgehead atoms. The van der Waals surface area contributed by atoms with E-state index < -0.39 is 15.8 Å². The van der Waals surface area contributed by atoms with Gasteiger partial charge in [0.2, 0.25) is 5.91 Å². The van der Waals surface area contributed by atoms with Gasteiger partial charge in [-0.25, -0.2) is 18.2 Å². The lowest BCUT2D eigenvalue weighted by atomic mass is 10.2. The summed E-state index contributed by atoms with van der Waals surface area (Å²) in [6.07, 6.45) is 0.658. The lowest BCUT2D eigenvalue weighted by Crippen LogP contribution is -2.37. The highest BCUT2D eigenvalue weighted by molar-refractivity contribution is 7.91. The molecule has 0 aromatic rings. The van der Waals surface area contributed by atoms with Crippen molar-refractivity contribution in [3.63, 3.8) is 0 Å². The number of hydrazone groups is 1. The van der Waals surface area contributed by atoms with Crippen molar-refractivity contribution in [2.75, 3.05) is 18.1 Å². The van der Waals surface area contributed by atoms with E-state index in [2.05, 4.69) is 5.10 Å². The highest BCUT2D eigenvalue weighted by Gasteiger charge is 2.25. The van der Waals surface area contributed by atoms with Crippen LogP contribution in [0, 0.1) is 0 Å². The molecule has 7 nitrogen and oxygen atoms in total. The van der Waals surface area contributed by atoms with Gasteiger partial charge in [0.1, 0.15) is 5.71 Å². The van der Waals surface area contributed by atoms with Crippen LogP contribution in [-0.2, 0) is 19.4 Å². The number of amides is 1. The van der Waals surface area contributed by atoms with E-state index in [0.29, 0.717) is 6.42 Å². The molecular formula is C10H16N2O5S. The van der Waals surface area contributed by atoms with E-state index in [1.807, 2.05) is 0 Å². The van der Waals surface area contributed by atoms with Crippen LogP contribution < -0.4 is 0 Å². The fourth-order valence-electron chi connectivity index (χ4n) is 1.57. The zero-order valence-corrected chi connectivity index (χ0v) is 10.9. The molecule has 0 radical (unpaired) electrons. The van der Waals surface area contributed by atoms with Crippen molar-refractivity contribution in [1.29, 1.82) is 0 Å². The number of carboxylic acids is 1. The Morgan fingerprint density at radius 2 is 2.06 bits per heavy atom. The summed E-state index contributed by atoms with van der Waals surface area (Å²) in [6, 6.07) is 0. The van der Waals surface area contributed by atoms with Gasteiger partial charge in [-0.2, -0.15) is 5.10 Å². The zero-order valence-electron chi connectivity index (χ0n) is 10.1. The van der Waals surface area contributed by atoms with E-state index in [4.69, 9.17) is 5.11 Å². The van der Waals surface area contributed by atoms with Gasteiger partial charge in [-0.1, -0.05) is 6.92 Å². The molecule has 0 spiro atoms. The Morgan fingerprint density at radius 1 is 1.39 bits per heavy atom. The predicted octanol–water partition coefficient (Wildman–Crippen LogP) is -0.126. The second kappa shape index (κ2) is 5.94. The average Bonchev–Trinajstić information content (AvgIpc) is 2.27. The topological polar surface area (TPSA) is 104 Å². The second-order valence-electron chi connectivity index (χ2n) is 4.02. The minimum absolute atomic E-state index is 0.0545. The summed E-state index contributed by atoms with van der Waals surface area (Å²) < 4.78 is 23.0. The van der Waals surface area contributed by atoms with Crippen molar-refractivity contribution in [1.82, 2.24) is 5.01 Å². The smallest absolute Gasteiger partial charge is 0.352 e. The van der Waals surface area contributed by atoms with Gasteiger partial charge in [-0.3, -0.25) is 4.79 Å². The van der Waals surface area contributed by atoms with E-state index >= 15 is 0 Å². The summed E-state index contributed by atoms with van der Waals surface area (Å²) in [5, 5.41) is 13.4. The molecule has 0 aromatic heterocycles. The maximum Gasteiger partial charge on any atom is 0.352 e. The first kappa shape index (κ1) is 14.6. The molecule has 8 heteroatoms. The van der Waals surface area contributed by atoms with Crippen LogP contribution in [0.1, 0.15) is 26.2 Å². The maximum atomic E-state index is 11.5. The molecule has 18 heavy (non-hydrogen) atoms. The Labute approximate surface area is 105 Å². The highest BCUT2D eigenvalue weighted by Crippen LogP contribution is 2.10. The van der Waals surface area contributed by atoms with Gasteiger partial charge in [0.25, 0.3) is 0 Å².